The molecule has 0 aliphatic heterocycles. The highest BCUT2D eigenvalue weighted by Crippen LogP contribution is 1.75. The Morgan fingerprint density at radius 1 is 1.25 bits per heavy atom. The van der Waals surface area contributed by atoms with Gasteiger partial charge < -0.3 is 0 Å². The Hall–Kier alpha value is 0.220. The van der Waals surface area contributed by atoms with Crippen molar-refractivity contribution >= 4 is 11.6 Å². The van der Waals surface area contributed by atoms with E-state index in [1.54, 1.807) is 6.92 Å². The lowest BCUT2D eigenvalue weighted by Gasteiger charge is -1.65. The zero-order valence-corrected chi connectivity index (χ0v) is 6.34. The van der Waals surface area contributed by atoms with Crippen LogP contribution >= 0.6 is 11.6 Å². The fraction of sp³-hybridized carbons (Fsp3) is 1.00. The van der Waals surface area contributed by atoms with E-state index in [-0.39, 0.29) is 6.67 Å². The molecule has 0 atom stereocenters. The highest BCUT2D eigenvalue weighted by atomic mass is 35.5. The summed E-state index contributed by atoms with van der Waals surface area (Å²) in [6.45, 7) is 3.67. The van der Waals surface area contributed by atoms with Gasteiger partial charge in [-0.2, -0.15) is 0 Å². The number of halogens is 2. The van der Waals surface area contributed by atoms with Gasteiger partial charge in [-0.1, -0.05) is 13.8 Å². The number of hydrogen-bond acceptors (Lipinski definition) is 0. The van der Waals surface area contributed by atoms with E-state index in [0.29, 0.717) is 6.42 Å². The third kappa shape index (κ3) is 34.4. The monoisotopic (exact) mass is 140 g/mol. The summed E-state index contributed by atoms with van der Waals surface area (Å²) >= 11 is 5.19. The lowest BCUT2D eigenvalue weighted by molar-refractivity contribution is 0.487. The molecule has 0 aromatic heterocycles. The number of rotatable bonds is 2. The topological polar surface area (TPSA) is 0 Å². The molecule has 8 heavy (non-hydrogen) atoms. The van der Waals surface area contributed by atoms with Gasteiger partial charge in [0.1, 0.15) is 0 Å². The largest absolute Gasteiger partial charge is 0.251 e. The predicted molar refractivity (Wildman–Crippen MR) is 37.3 cm³/mol. The maximum atomic E-state index is 10.7. The van der Waals surface area contributed by atoms with Gasteiger partial charge in [-0.25, -0.2) is 0 Å². The molecule has 0 bridgehead atoms. The lowest BCUT2D eigenvalue weighted by atomic mass is 10.6. The zero-order valence-electron chi connectivity index (χ0n) is 5.58. The third-order valence-corrected chi connectivity index (χ3v) is 0.756. The van der Waals surface area contributed by atoms with Crippen molar-refractivity contribution in [3.05, 3.63) is 0 Å². The predicted octanol–water partition coefficient (Wildman–Crippen LogP) is 3.00. The molecule has 0 N–H and O–H groups in total. The molecule has 0 nitrogen and oxygen atoms in total. The Morgan fingerprint density at radius 2 is 1.50 bits per heavy atom. The molecule has 0 amide bonds. The van der Waals surface area contributed by atoms with Crippen molar-refractivity contribution in [2.45, 2.75) is 26.7 Å². The smallest absolute Gasteiger partial charge is 0.0891 e. The first kappa shape index (κ1) is 11.1. The molecule has 0 radical (unpaired) electrons. The van der Waals surface area contributed by atoms with Gasteiger partial charge in [0.2, 0.25) is 0 Å². The van der Waals surface area contributed by atoms with Gasteiger partial charge in [0.05, 0.1) is 6.67 Å². The van der Waals surface area contributed by atoms with E-state index in [1.807, 2.05) is 6.92 Å². The molecule has 0 saturated heterocycles. The van der Waals surface area contributed by atoms with Crippen LogP contribution in [0, 0.1) is 0 Å². The van der Waals surface area contributed by atoms with Crippen molar-refractivity contribution < 1.29 is 4.39 Å². The zero-order chi connectivity index (χ0) is 6.83. The van der Waals surface area contributed by atoms with Crippen molar-refractivity contribution in [3.63, 3.8) is 0 Å². The second-order valence-corrected chi connectivity index (χ2v) is 1.76. The summed E-state index contributed by atoms with van der Waals surface area (Å²) in [5, 5.41) is 0. The normalized spacial score (nSPS) is 7.50. The molecule has 0 rings (SSSR count). The molecule has 0 unspecified atom stereocenters. The van der Waals surface area contributed by atoms with E-state index in [0.717, 1.165) is 12.3 Å². The summed E-state index contributed by atoms with van der Waals surface area (Å²) in [7, 11) is 0. The Bertz CT molecular complexity index is 16.5. The minimum Gasteiger partial charge on any atom is -0.251 e. The summed E-state index contributed by atoms with van der Waals surface area (Å²) in [6.07, 6.45) is 1.74. The quantitative estimate of drug-likeness (QED) is 0.518. The molecule has 52 valence electrons. The van der Waals surface area contributed by atoms with Gasteiger partial charge >= 0.3 is 0 Å². The second kappa shape index (κ2) is 15.7. The molecular weight excluding hydrogens is 127 g/mol. The standard InChI is InChI=1S/C3H7Cl.C3H7F/c2*1-2-3-4/h2*2-3H2,1H3. The van der Waals surface area contributed by atoms with E-state index < -0.39 is 0 Å². The van der Waals surface area contributed by atoms with E-state index in [9.17, 15) is 4.39 Å². The molecule has 0 spiro atoms. The van der Waals surface area contributed by atoms with Crippen LogP contribution in [0.25, 0.3) is 0 Å². The van der Waals surface area contributed by atoms with Crippen LogP contribution in [-0.4, -0.2) is 12.6 Å². The molecule has 0 heterocycles. The maximum absolute atomic E-state index is 10.7. The van der Waals surface area contributed by atoms with Crippen molar-refractivity contribution in [3.8, 4) is 0 Å². The number of hydrogen-bond donors (Lipinski definition) is 0. The average Bonchev–Trinajstić information content (AvgIpc) is 1.88. The van der Waals surface area contributed by atoms with E-state index in [2.05, 4.69) is 0 Å². The van der Waals surface area contributed by atoms with E-state index in [4.69, 9.17) is 11.6 Å². The van der Waals surface area contributed by atoms with Gasteiger partial charge in [-0.05, 0) is 12.8 Å². The highest BCUT2D eigenvalue weighted by molar-refractivity contribution is 6.17. The van der Waals surface area contributed by atoms with Crippen LogP contribution in [-0.2, 0) is 0 Å². The second-order valence-electron chi connectivity index (χ2n) is 1.38. The molecule has 0 fully saturated rings. The van der Waals surface area contributed by atoms with Crippen molar-refractivity contribution in [1.29, 1.82) is 0 Å². The van der Waals surface area contributed by atoms with Crippen LogP contribution in [0.1, 0.15) is 26.7 Å². The van der Waals surface area contributed by atoms with Gasteiger partial charge in [-0.3, -0.25) is 4.39 Å². The number of alkyl halides is 2. The van der Waals surface area contributed by atoms with Gasteiger partial charge in [0.25, 0.3) is 0 Å². The molecular formula is C6H14ClF. The SMILES string of the molecule is CCCCl.CCCF. The van der Waals surface area contributed by atoms with Crippen molar-refractivity contribution in [2.75, 3.05) is 12.6 Å². The summed E-state index contributed by atoms with van der Waals surface area (Å²) < 4.78 is 10.7. The highest BCUT2D eigenvalue weighted by Gasteiger charge is 1.60. The first-order valence-corrected chi connectivity index (χ1v) is 3.48. The molecule has 0 aromatic rings. The Balaban J connectivity index is 0. The van der Waals surface area contributed by atoms with Crippen LogP contribution in [0.5, 0.6) is 0 Å². The molecule has 0 aromatic carbocycles. The Kier molecular flexibility index (Phi) is 21.7. The summed E-state index contributed by atoms with van der Waals surface area (Å²) in [6, 6.07) is 0. The lowest BCUT2D eigenvalue weighted by Crippen LogP contribution is -1.58. The fourth-order valence-electron chi connectivity index (χ4n) is 0. The Morgan fingerprint density at radius 3 is 1.50 bits per heavy atom. The van der Waals surface area contributed by atoms with Crippen LogP contribution in [0.3, 0.4) is 0 Å². The minimum absolute atomic E-state index is 0.181. The summed E-state index contributed by atoms with van der Waals surface area (Å²) in [5.74, 6) is 0.792. The average molecular weight is 141 g/mol. The van der Waals surface area contributed by atoms with Crippen LogP contribution in [0.15, 0.2) is 0 Å². The molecule has 0 aliphatic carbocycles. The van der Waals surface area contributed by atoms with Crippen LogP contribution < -0.4 is 0 Å². The first-order chi connectivity index (χ1) is 3.83. The summed E-state index contributed by atoms with van der Waals surface area (Å²) in [4.78, 5) is 0. The minimum atomic E-state index is -0.181. The van der Waals surface area contributed by atoms with Gasteiger partial charge in [-0.15, -0.1) is 11.6 Å². The Labute approximate surface area is 56.0 Å². The van der Waals surface area contributed by atoms with E-state index >= 15 is 0 Å². The van der Waals surface area contributed by atoms with E-state index in [1.165, 1.54) is 0 Å². The van der Waals surface area contributed by atoms with Crippen LogP contribution in [0.2, 0.25) is 0 Å². The van der Waals surface area contributed by atoms with Crippen molar-refractivity contribution in [2.24, 2.45) is 0 Å². The first-order valence-electron chi connectivity index (χ1n) is 2.95. The summed E-state index contributed by atoms with van der Waals surface area (Å²) in [5.41, 5.74) is 0. The molecule has 0 saturated carbocycles. The maximum Gasteiger partial charge on any atom is 0.0891 e. The van der Waals surface area contributed by atoms with Gasteiger partial charge in [0, 0.05) is 5.88 Å². The third-order valence-electron chi connectivity index (χ3n) is 0.378. The fourth-order valence-corrected chi connectivity index (χ4v) is 0. The molecule has 2 heteroatoms. The van der Waals surface area contributed by atoms with Crippen LogP contribution in [0.4, 0.5) is 4.39 Å². The van der Waals surface area contributed by atoms with Crippen molar-refractivity contribution in [1.82, 2.24) is 0 Å². The van der Waals surface area contributed by atoms with Gasteiger partial charge in [0.15, 0.2) is 0 Å². The molecule has 0 aliphatic rings.